The number of carbonyl (C=O) groups excluding carboxylic acids is 2. The van der Waals surface area contributed by atoms with Crippen molar-refractivity contribution in [1.82, 2.24) is 5.32 Å². The normalized spacial score (nSPS) is 23.1. The summed E-state index contributed by atoms with van der Waals surface area (Å²) in [5, 5.41) is -0.283. The Hall–Kier alpha value is -3.14. The molecule has 0 saturated carbocycles. The van der Waals surface area contributed by atoms with Crippen LogP contribution in [0, 0.1) is 11.6 Å². The first-order valence-electron chi connectivity index (χ1n) is 11.1. The van der Waals surface area contributed by atoms with Crippen molar-refractivity contribution in [2.45, 2.75) is 29.5 Å². The lowest BCUT2D eigenvalue weighted by Crippen LogP contribution is -2.59. The van der Waals surface area contributed by atoms with Gasteiger partial charge in [-0.25, -0.2) is 17.2 Å². The number of halogens is 3. The summed E-state index contributed by atoms with van der Waals surface area (Å²) in [6.45, 7) is 1.41. The molecule has 1 saturated heterocycles. The number of hydrogen-bond acceptors (Lipinski definition) is 6. The number of carbonyl (C=O) groups is 2. The summed E-state index contributed by atoms with van der Waals surface area (Å²) in [7, 11) is -4.63. The van der Waals surface area contributed by atoms with Gasteiger partial charge < -0.3 is 4.74 Å². The van der Waals surface area contributed by atoms with E-state index >= 15 is 0 Å². The Morgan fingerprint density at radius 1 is 0.889 bits per heavy atom. The molecule has 10 heteroatoms. The van der Waals surface area contributed by atoms with E-state index in [0.29, 0.717) is 5.02 Å². The van der Waals surface area contributed by atoms with Crippen LogP contribution in [0.2, 0.25) is 5.02 Å². The van der Waals surface area contributed by atoms with Crippen molar-refractivity contribution >= 4 is 33.2 Å². The highest BCUT2D eigenvalue weighted by atomic mass is 35.5. The number of hydrogen-bond donors (Lipinski definition) is 1. The van der Waals surface area contributed by atoms with Crippen molar-refractivity contribution in [3.63, 3.8) is 0 Å². The molecule has 6 nitrogen and oxygen atoms in total. The monoisotopic (exact) mass is 533 g/mol. The maximum atomic E-state index is 14.2. The van der Waals surface area contributed by atoms with Crippen LogP contribution in [-0.4, -0.2) is 37.3 Å². The van der Waals surface area contributed by atoms with Crippen molar-refractivity contribution < 1.29 is 31.5 Å². The summed E-state index contributed by atoms with van der Waals surface area (Å²) in [6, 6.07) is 13.4. The minimum absolute atomic E-state index is 0.0444. The SMILES string of the molecule is CCOC(=O)C1C(c2cccc(F)c2)NC(c2cccc(F)c2)C(C(=O)c2ccc(Cl)cc2)S1(=O)=O. The van der Waals surface area contributed by atoms with Crippen LogP contribution in [0.25, 0.3) is 0 Å². The Morgan fingerprint density at radius 3 is 1.92 bits per heavy atom. The summed E-state index contributed by atoms with van der Waals surface area (Å²) in [6.07, 6.45) is 0. The fourth-order valence-corrected chi connectivity index (χ4v) is 6.86. The highest BCUT2D eigenvalue weighted by Crippen LogP contribution is 2.40. The first-order chi connectivity index (χ1) is 17.1. The zero-order valence-electron chi connectivity index (χ0n) is 19.0. The van der Waals surface area contributed by atoms with Crippen LogP contribution in [-0.2, 0) is 19.4 Å². The number of sulfone groups is 1. The van der Waals surface area contributed by atoms with Gasteiger partial charge in [-0.05, 0) is 66.6 Å². The van der Waals surface area contributed by atoms with Gasteiger partial charge in [0.15, 0.2) is 20.9 Å². The molecule has 0 amide bonds. The lowest BCUT2D eigenvalue weighted by Gasteiger charge is -2.41. The molecule has 0 aromatic heterocycles. The zero-order valence-corrected chi connectivity index (χ0v) is 20.6. The van der Waals surface area contributed by atoms with E-state index in [1.807, 2.05) is 0 Å². The molecule has 3 aromatic rings. The van der Waals surface area contributed by atoms with Crippen molar-refractivity contribution in [2.75, 3.05) is 6.61 Å². The minimum atomic E-state index is -4.63. The number of ketones is 1. The molecule has 0 aliphatic carbocycles. The topological polar surface area (TPSA) is 89.5 Å². The molecule has 0 spiro atoms. The standard InChI is InChI=1S/C26H22ClF2NO5S/c1-2-35-26(32)25-22(17-6-4-8-20(29)14-17)30-21(16-5-3-7-19(28)13-16)24(36(25,33)34)23(31)15-9-11-18(27)12-10-15/h3-14,21-22,24-25,30H,2H2,1H3. The number of ether oxygens (including phenoxy) is 1. The molecule has 4 unspecified atom stereocenters. The third-order valence-corrected chi connectivity index (χ3v) is 8.61. The summed E-state index contributed by atoms with van der Waals surface area (Å²) >= 11 is 5.92. The van der Waals surface area contributed by atoms with Crippen molar-refractivity contribution in [2.24, 2.45) is 0 Å². The lowest BCUT2D eigenvalue weighted by molar-refractivity contribution is -0.143. The number of esters is 1. The van der Waals surface area contributed by atoms with E-state index in [4.69, 9.17) is 16.3 Å². The Balaban J connectivity index is 1.92. The molecule has 4 rings (SSSR count). The summed E-state index contributed by atoms with van der Waals surface area (Å²) < 4.78 is 61.5. The van der Waals surface area contributed by atoms with Crippen molar-refractivity contribution in [3.8, 4) is 0 Å². The van der Waals surface area contributed by atoms with Gasteiger partial charge in [-0.1, -0.05) is 35.9 Å². The van der Waals surface area contributed by atoms with Crippen LogP contribution in [0.1, 0.15) is 40.5 Å². The number of rotatable bonds is 6. The van der Waals surface area contributed by atoms with Crippen LogP contribution in [0.15, 0.2) is 72.8 Å². The third kappa shape index (κ3) is 5.04. The van der Waals surface area contributed by atoms with Gasteiger partial charge >= 0.3 is 5.97 Å². The first-order valence-corrected chi connectivity index (χ1v) is 13.1. The predicted octanol–water partition coefficient (Wildman–Crippen LogP) is 4.60. The molecule has 1 heterocycles. The zero-order chi connectivity index (χ0) is 26.0. The fourth-order valence-electron chi connectivity index (χ4n) is 4.42. The van der Waals surface area contributed by atoms with Crippen LogP contribution in [0.3, 0.4) is 0 Å². The second kappa shape index (κ2) is 10.5. The third-order valence-electron chi connectivity index (χ3n) is 5.99. The Labute approximate surface area is 212 Å². The molecule has 4 atom stereocenters. The lowest BCUT2D eigenvalue weighted by atomic mass is 9.93. The Kier molecular flexibility index (Phi) is 7.54. The summed E-state index contributed by atoms with van der Waals surface area (Å²) in [5.41, 5.74) is 0.382. The van der Waals surface area contributed by atoms with Gasteiger partial charge in [0.2, 0.25) is 0 Å². The van der Waals surface area contributed by atoms with Crippen LogP contribution in [0.4, 0.5) is 8.78 Å². The van der Waals surface area contributed by atoms with Gasteiger partial charge in [-0.3, -0.25) is 14.9 Å². The molecular weight excluding hydrogens is 512 g/mol. The highest BCUT2D eigenvalue weighted by Gasteiger charge is 2.56. The van der Waals surface area contributed by atoms with Crippen LogP contribution < -0.4 is 5.32 Å². The van der Waals surface area contributed by atoms with Gasteiger partial charge in [0.25, 0.3) is 0 Å². The summed E-state index contributed by atoms with van der Waals surface area (Å²) in [4.78, 5) is 26.7. The van der Waals surface area contributed by atoms with Crippen LogP contribution >= 0.6 is 11.6 Å². The average Bonchev–Trinajstić information content (AvgIpc) is 2.83. The maximum absolute atomic E-state index is 14.2. The largest absolute Gasteiger partial charge is 0.465 e. The molecule has 1 N–H and O–H groups in total. The Morgan fingerprint density at radius 2 is 1.42 bits per heavy atom. The maximum Gasteiger partial charge on any atom is 0.326 e. The quantitative estimate of drug-likeness (QED) is 0.368. The predicted molar refractivity (Wildman–Crippen MR) is 130 cm³/mol. The van der Waals surface area contributed by atoms with E-state index in [1.165, 1.54) is 67.6 Å². The van der Waals surface area contributed by atoms with Crippen molar-refractivity contribution in [1.29, 1.82) is 0 Å². The number of benzene rings is 3. The van der Waals surface area contributed by atoms with E-state index in [0.717, 1.165) is 12.1 Å². The molecule has 0 radical (unpaired) electrons. The van der Waals surface area contributed by atoms with Gasteiger partial charge in [0, 0.05) is 10.6 Å². The molecule has 0 bridgehead atoms. The molecule has 36 heavy (non-hydrogen) atoms. The van der Waals surface area contributed by atoms with E-state index in [1.54, 1.807) is 0 Å². The second-order valence-corrected chi connectivity index (χ2v) is 10.9. The van der Waals surface area contributed by atoms with Crippen molar-refractivity contribution in [3.05, 3.63) is 106 Å². The van der Waals surface area contributed by atoms with Gasteiger partial charge in [-0.15, -0.1) is 0 Å². The van der Waals surface area contributed by atoms with E-state index < -0.39 is 55.8 Å². The molecule has 3 aromatic carbocycles. The number of nitrogens with one attached hydrogen (secondary N) is 1. The van der Waals surface area contributed by atoms with Gasteiger partial charge in [0.05, 0.1) is 18.7 Å². The number of Topliss-reactive ketones (excluding diaryl/α,β-unsaturated/α-hetero) is 1. The first kappa shape index (κ1) is 25.9. The minimum Gasteiger partial charge on any atom is -0.465 e. The van der Waals surface area contributed by atoms with E-state index in [2.05, 4.69) is 5.32 Å². The smallest absolute Gasteiger partial charge is 0.326 e. The van der Waals surface area contributed by atoms with E-state index in [-0.39, 0.29) is 23.3 Å². The highest BCUT2D eigenvalue weighted by molar-refractivity contribution is 7.94. The molecule has 1 aliphatic heterocycles. The molecule has 1 fully saturated rings. The van der Waals surface area contributed by atoms with E-state index in [9.17, 15) is 26.8 Å². The Bertz CT molecular complexity index is 1400. The molecular formula is C26H22ClF2NO5S. The fraction of sp³-hybridized carbons (Fsp3) is 0.231. The summed E-state index contributed by atoms with van der Waals surface area (Å²) in [5.74, 6) is -3.17. The van der Waals surface area contributed by atoms with Gasteiger partial charge in [0.1, 0.15) is 16.9 Å². The average molecular weight is 534 g/mol. The van der Waals surface area contributed by atoms with Crippen LogP contribution in [0.5, 0.6) is 0 Å². The molecule has 188 valence electrons. The molecule has 1 aliphatic rings. The van der Waals surface area contributed by atoms with Gasteiger partial charge in [-0.2, -0.15) is 0 Å². The second-order valence-electron chi connectivity index (χ2n) is 8.29.